The second-order valence-electron chi connectivity index (χ2n) is 6.70. The minimum atomic E-state index is -0.775. The summed E-state index contributed by atoms with van der Waals surface area (Å²) in [5, 5.41) is 0. The molecule has 3 aromatic heterocycles. The van der Waals surface area contributed by atoms with E-state index in [2.05, 4.69) is 15.0 Å². The number of imidazole rings is 1. The van der Waals surface area contributed by atoms with Gasteiger partial charge in [0.15, 0.2) is 12.1 Å². The molecule has 1 aliphatic heterocycles. The van der Waals surface area contributed by atoms with Crippen molar-refractivity contribution in [3.63, 3.8) is 0 Å². The molecule has 3 atom stereocenters. The van der Waals surface area contributed by atoms with Crippen LogP contribution in [0, 0.1) is 11.6 Å². The number of pyridine rings is 2. The van der Waals surface area contributed by atoms with Gasteiger partial charge >= 0.3 is 0 Å². The Labute approximate surface area is 160 Å². The summed E-state index contributed by atoms with van der Waals surface area (Å²) in [6, 6.07) is 1.98. The number of nitrogens with zero attached hydrogens (tertiary/aromatic N) is 6. The molecule has 4 heterocycles. The lowest BCUT2D eigenvalue weighted by Crippen LogP contribution is -2.61. The van der Waals surface area contributed by atoms with Crippen molar-refractivity contribution in [2.45, 2.75) is 25.4 Å². The van der Waals surface area contributed by atoms with Gasteiger partial charge in [0.25, 0.3) is 0 Å². The Balaban J connectivity index is 1.83. The van der Waals surface area contributed by atoms with Gasteiger partial charge in [0.05, 0.1) is 36.1 Å². The number of nitrogens with two attached hydrogens (primary N) is 2. The molecular weight excluding hydrogens is 366 g/mol. The van der Waals surface area contributed by atoms with E-state index in [1.54, 1.807) is 52.3 Å². The van der Waals surface area contributed by atoms with Crippen molar-refractivity contribution in [2.24, 2.45) is 18.5 Å². The molecule has 10 heteroatoms. The van der Waals surface area contributed by atoms with E-state index in [0.29, 0.717) is 11.5 Å². The summed E-state index contributed by atoms with van der Waals surface area (Å²) in [5.41, 5.74) is 14.5. The molecule has 0 radical (unpaired) electrons. The fourth-order valence-electron chi connectivity index (χ4n) is 3.57. The van der Waals surface area contributed by atoms with Crippen molar-refractivity contribution in [1.82, 2.24) is 19.5 Å². The van der Waals surface area contributed by atoms with E-state index >= 15 is 0 Å². The standard InChI is InChI=1S/C18H20F2N8/c1-10(16-13(20)5-11(19)6-24-16)27-14-7-23-4-3-12(14)17(21)28(18(27)22)15-8-26(2)9-25-15/h3-10,17-18H,21-22H2,1-2H3. The van der Waals surface area contributed by atoms with Crippen LogP contribution in [-0.2, 0) is 7.05 Å². The first-order chi connectivity index (χ1) is 13.4. The molecule has 28 heavy (non-hydrogen) atoms. The Morgan fingerprint density at radius 1 is 1.18 bits per heavy atom. The third-order valence-electron chi connectivity index (χ3n) is 4.90. The number of aromatic nitrogens is 4. The van der Waals surface area contributed by atoms with Gasteiger partial charge in [-0.1, -0.05) is 0 Å². The molecule has 0 amide bonds. The van der Waals surface area contributed by atoms with Gasteiger partial charge in [0.1, 0.15) is 17.8 Å². The lowest BCUT2D eigenvalue weighted by Gasteiger charge is -2.49. The number of hydrogen-bond acceptors (Lipinski definition) is 7. The fraction of sp³-hybridized carbons (Fsp3) is 0.278. The van der Waals surface area contributed by atoms with Crippen LogP contribution in [0.2, 0.25) is 0 Å². The quantitative estimate of drug-likeness (QED) is 0.707. The molecule has 4 rings (SSSR count). The molecular formula is C18H20F2N8. The van der Waals surface area contributed by atoms with Gasteiger partial charge in [-0.15, -0.1) is 0 Å². The molecule has 3 unspecified atom stereocenters. The Morgan fingerprint density at radius 3 is 2.64 bits per heavy atom. The van der Waals surface area contributed by atoms with E-state index in [0.717, 1.165) is 17.8 Å². The SMILES string of the molecule is CC(c1ncc(F)cc1F)N1c2cnccc2C(N)N(c2cn(C)cn2)C1N. The summed E-state index contributed by atoms with van der Waals surface area (Å²) >= 11 is 0. The fourth-order valence-corrected chi connectivity index (χ4v) is 3.57. The van der Waals surface area contributed by atoms with Crippen molar-refractivity contribution in [2.75, 3.05) is 9.80 Å². The zero-order chi connectivity index (χ0) is 20.0. The molecule has 1 aliphatic rings. The average Bonchev–Trinajstić information content (AvgIpc) is 3.07. The molecule has 3 aromatic rings. The number of halogens is 2. The summed E-state index contributed by atoms with van der Waals surface area (Å²) in [4.78, 5) is 16.0. The summed E-state index contributed by atoms with van der Waals surface area (Å²) < 4.78 is 29.5. The third-order valence-corrected chi connectivity index (χ3v) is 4.90. The highest BCUT2D eigenvalue weighted by molar-refractivity contribution is 5.62. The molecule has 8 nitrogen and oxygen atoms in total. The first-order valence-corrected chi connectivity index (χ1v) is 8.69. The maximum Gasteiger partial charge on any atom is 0.158 e. The lowest BCUT2D eigenvalue weighted by atomic mass is 10.0. The van der Waals surface area contributed by atoms with Crippen LogP contribution in [-0.4, -0.2) is 25.8 Å². The second-order valence-corrected chi connectivity index (χ2v) is 6.70. The molecule has 0 saturated heterocycles. The van der Waals surface area contributed by atoms with Crippen molar-refractivity contribution in [3.05, 3.63) is 66.1 Å². The largest absolute Gasteiger partial charge is 0.338 e. The molecule has 0 fully saturated rings. The van der Waals surface area contributed by atoms with E-state index in [9.17, 15) is 8.78 Å². The van der Waals surface area contributed by atoms with Crippen molar-refractivity contribution >= 4 is 11.5 Å². The van der Waals surface area contributed by atoms with Crippen LogP contribution >= 0.6 is 0 Å². The molecule has 4 N–H and O–H groups in total. The normalized spacial score (nSPS) is 20.2. The van der Waals surface area contributed by atoms with Crippen LogP contribution in [0.1, 0.15) is 30.4 Å². The van der Waals surface area contributed by atoms with Crippen molar-refractivity contribution in [3.8, 4) is 0 Å². The topological polar surface area (TPSA) is 102 Å². The number of rotatable bonds is 3. The van der Waals surface area contributed by atoms with Gasteiger partial charge < -0.3 is 20.1 Å². The Morgan fingerprint density at radius 2 is 1.96 bits per heavy atom. The molecule has 0 aromatic carbocycles. The number of aryl methyl sites for hydroxylation is 1. The highest BCUT2D eigenvalue weighted by Gasteiger charge is 2.40. The second kappa shape index (κ2) is 6.80. The van der Waals surface area contributed by atoms with Gasteiger partial charge in [-0.3, -0.25) is 15.7 Å². The maximum absolute atomic E-state index is 14.4. The van der Waals surface area contributed by atoms with Gasteiger partial charge in [-0.25, -0.2) is 13.8 Å². The number of fused-ring (bicyclic) bond motifs is 1. The summed E-state index contributed by atoms with van der Waals surface area (Å²) in [6.45, 7) is 1.74. The third kappa shape index (κ3) is 2.86. The number of anilines is 2. The van der Waals surface area contributed by atoms with E-state index in [-0.39, 0.29) is 5.69 Å². The van der Waals surface area contributed by atoms with Crippen molar-refractivity contribution < 1.29 is 8.78 Å². The van der Waals surface area contributed by atoms with E-state index < -0.39 is 30.1 Å². The summed E-state index contributed by atoms with van der Waals surface area (Å²) in [6.07, 6.45) is 6.34. The predicted octanol–water partition coefficient (Wildman–Crippen LogP) is 1.78. The Kier molecular flexibility index (Phi) is 4.44. The first-order valence-electron chi connectivity index (χ1n) is 8.69. The van der Waals surface area contributed by atoms with Crippen LogP contribution in [0.3, 0.4) is 0 Å². The van der Waals surface area contributed by atoms with Crippen LogP contribution in [0.5, 0.6) is 0 Å². The zero-order valence-electron chi connectivity index (χ0n) is 15.4. The van der Waals surface area contributed by atoms with Gasteiger partial charge in [-0.05, 0) is 13.0 Å². The first kappa shape index (κ1) is 18.3. The van der Waals surface area contributed by atoms with Gasteiger partial charge in [0, 0.05) is 31.1 Å². The monoisotopic (exact) mass is 386 g/mol. The highest BCUT2D eigenvalue weighted by atomic mass is 19.1. The highest BCUT2D eigenvalue weighted by Crippen LogP contribution is 2.40. The van der Waals surface area contributed by atoms with Crippen LogP contribution in [0.15, 0.2) is 43.2 Å². The summed E-state index contributed by atoms with van der Waals surface area (Å²) in [5.74, 6) is -0.908. The zero-order valence-corrected chi connectivity index (χ0v) is 15.4. The van der Waals surface area contributed by atoms with Crippen LogP contribution in [0.25, 0.3) is 0 Å². The minimum Gasteiger partial charge on any atom is -0.338 e. The van der Waals surface area contributed by atoms with E-state index in [1.807, 2.05) is 7.05 Å². The molecule has 146 valence electrons. The molecule has 0 saturated carbocycles. The lowest BCUT2D eigenvalue weighted by molar-refractivity contribution is 0.432. The van der Waals surface area contributed by atoms with Gasteiger partial charge in [0.2, 0.25) is 0 Å². The van der Waals surface area contributed by atoms with Gasteiger partial charge in [-0.2, -0.15) is 0 Å². The maximum atomic E-state index is 14.4. The summed E-state index contributed by atoms with van der Waals surface area (Å²) in [7, 11) is 1.84. The van der Waals surface area contributed by atoms with Crippen LogP contribution < -0.4 is 21.3 Å². The molecule has 0 spiro atoms. The Hall–Kier alpha value is -3.11. The molecule has 0 bridgehead atoms. The number of hydrogen-bond donors (Lipinski definition) is 2. The smallest absolute Gasteiger partial charge is 0.158 e. The predicted molar refractivity (Wildman–Crippen MR) is 99.9 cm³/mol. The molecule has 0 aliphatic carbocycles. The minimum absolute atomic E-state index is 0.0723. The van der Waals surface area contributed by atoms with Crippen molar-refractivity contribution in [1.29, 1.82) is 0 Å². The Bertz CT molecular complexity index is 1010. The average molecular weight is 386 g/mol. The van der Waals surface area contributed by atoms with E-state index in [4.69, 9.17) is 11.5 Å². The van der Waals surface area contributed by atoms with Crippen LogP contribution in [0.4, 0.5) is 20.3 Å². The van der Waals surface area contributed by atoms with E-state index in [1.165, 1.54) is 0 Å².